The van der Waals surface area contributed by atoms with Crippen LogP contribution in [0, 0.1) is 0 Å². The lowest BCUT2D eigenvalue weighted by Crippen LogP contribution is -2.17. The minimum Gasteiger partial charge on any atom is -0.307 e. The van der Waals surface area contributed by atoms with Crippen molar-refractivity contribution in [3.05, 3.63) is 22.2 Å². The summed E-state index contributed by atoms with van der Waals surface area (Å²) in [6, 6.07) is 0. The van der Waals surface area contributed by atoms with Crippen molar-refractivity contribution in [1.29, 1.82) is 0 Å². The highest BCUT2D eigenvalue weighted by Crippen LogP contribution is 2.26. The minimum absolute atomic E-state index is 0.0404. The third kappa shape index (κ3) is 1.62. The fourth-order valence-corrected chi connectivity index (χ4v) is 1.72. The fraction of sp³-hybridized carbons (Fsp3) is 0.600. The molecule has 0 bridgehead atoms. The lowest BCUT2D eigenvalue weighted by molar-refractivity contribution is 0.541. The number of nitrogens with one attached hydrogen (secondary N) is 1. The van der Waals surface area contributed by atoms with Gasteiger partial charge in [-0.2, -0.15) is 0 Å². The first-order valence-corrected chi connectivity index (χ1v) is 5.13. The molecular weight excluding hydrogens is 198 g/mol. The normalized spacial score (nSPS) is 15.7. The summed E-state index contributed by atoms with van der Waals surface area (Å²) >= 11 is 6.09. The van der Waals surface area contributed by atoms with Crippen molar-refractivity contribution in [3.8, 4) is 0 Å². The lowest BCUT2D eigenvalue weighted by atomic mass is 9.95. The molecule has 3 nitrogen and oxygen atoms in total. The van der Waals surface area contributed by atoms with E-state index in [-0.39, 0.29) is 5.41 Å². The molecule has 0 radical (unpaired) electrons. The molecule has 0 fully saturated rings. The van der Waals surface area contributed by atoms with Gasteiger partial charge in [-0.05, 0) is 0 Å². The second kappa shape index (κ2) is 3.17. The van der Waals surface area contributed by atoms with Gasteiger partial charge < -0.3 is 5.32 Å². The standard InChI is InChI=1S/C10H14ClN3/c1-10(2,3)9-13-7-5-12-4-6(7)8(11)14-9/h12H,4-5H2,1-3H3. The summed E-state index contributed by atoms with van der Waals surface area (Å²) in [6.45, 7) is 7.87. The zero-order valence-corrected chi connectivity index (χ0v) is 9.44. The van der Waals surface area contributed by atoms with Crippen LogP contribution in [0.2, 0.25) is 5.15 Å². The van der Waals surface area contributed by atoms with Crippen LogP contribution in [0.3, 0.4) is 0 Å². The number of nitrogens with zero attached hydrogens (tertiary/aromatic N) is 2. The van der Waals surface area contributed by atoms with Gasteiger partial charge in [-0.3, -0.25) is 0 Å². The van der Waals surface area contributed by atoms with Crippen LogP contribution in [-0.4, -0.2) is 9.97 Å². The largest absolute Gasteiger partial charge is 0.307 e. The molecule has 1 N–H and O–H groups in total. The van der Waals surface area contributed by atoms with Crippen LogP contribution in [0.15, 0.2) is 0 Å². The lowest BCUT2D eigenvalue weighted by Gasteiger charge is -2.17. The molecule has 0 spiro atoms. The van der Waals surface area contributed by atoms with Crippen LogP contribution in [0.1, 0.15) is 37.9 Å². The van der Waals surface area contributed by atoms with E-state index >= 15 is 0 Å². The maximum absolute atomic E-state index is 6.09. The molecule has 1 aromatic rings. The zero-order valence-electron chi connectivity index (χ0n) is 8.69. The Labute approximate surface area is 88.9 Å². The molecule has 0 saturated carbocycles. The van der Waals surface area contributed by atoms with E-state index in [2.05, 4.69) is 36.1 Å². The molecule has 0 unspecified atom stereocenters. The second-order valence-corrected chi connectivity index (χ2v) is 4.97. The summed E-state index contributed by atoms with van der Waals surface area (Å²) < 4.78 is 0. The summed E-state index contributed by atoms with van der Waals surface area (Å²) in [5.74, 6) is 0.824. The smallest absolute Gasteiger partial charge is 0.137 e. The van der Waals surface area contributed by atoms with Crippen LogP contribution in [0.4, 0.5) is 0 Å². The van der Waals surface area contributed by atoms with Gasteiger partial charge in [-0.1, -0.05) is 32.4 Å². The van der Waals surface area contributed by atoms with Gasteiger partial charge in [0.15, 0.2) is 0 Å². The number of fused-ring (bicyclic) bond motifs is 1. The van der Waals surface area contributed by atoms with E-state index in [4.69, 9.17) is 11.6 Å². The van der Waals surface area contributed by atoms with Crippen LogP contribution in [0.25, 0.3) is 0 Å². The van der Waals surface area contributed by atoms with Crippen molar-refractivity contribution in [1.82, 2.24) is 15.3 Å². The molecular formula is C10H14ClN3. The molecule has 2 rings (SSSR count). The van der Waals surface area contributed by atoms with Gasteiger partial charge in [0.1, 0.15) is 11.0 Å². The first-order valence-electron chi connectivity index (χ1n) is 4.75. The van der Waals surface area contributed by atoms with E-state index in [1.165, 1.54) is 0 Å². The third-order valence-electron chi connectivity index (χ3n) is 2.31. The van der Waals surface area contributed by atoms with E-state index in [1.807, 2.05) is 0 Å². The van der Waals surface area contributed by atoms with Crippen LogP contribution in [0.5, 0.6) is 0 Å². The number of aromatic nitrogens is 2. The fourth-order valence-electron chi connectivity index (χ4n) is 1.46. The molecule has 1 aliphatic heterocycles. The highest BCUT2D eigenvalue weighted by atomic mass is 35.5. The first-order chi connectivity index (χ1) is 6.48. The molecule has 76 valence electrons. The average molecular weight is 212 g/mol. The number of hydrogen-bond acceptors (Lipinski definition) is 3. The molecule has 1 aromatic heterocycles. The molecule has 0 aliphatic carbocycles. The molecule has 1 aliphatic rings. The van der Waals surface area contributed by atoms with Crippen LogP contribution >= 0.6 is 11.6 Å². The first kappa shape index (κ1) is 9.87. The Balaban J connectivity index is 2.52. The van der Waals surface area contributed by atoms with Crippen LogP contribution in [-0.2, 0) is 18.5 Å². The minimum atomic E-state index is -0.0404. The predicted molar refractivity (Wildman–Crippen MR) is 56.3 cm³/mol. The summed E-state index contributed by atoms with van der Waals surface area (Å²) in [4.78, 5) is 8.86. The summed E-state index contributed by atoms with van der Waals surface area (Å²) in [6.07, 6.45) is 0. The van der Waals surface area contributed by atoms with Gasteiger partial charge in [0.25, 0.3) is 0 Å². The molecule has 0 aromatic carbocycles. The quantitative estimate of drug-likeness (QED) is 0.668. The number of halogens is 1. The maximum atomic E-state index is 6.09. The number of rotatable bonds is 0. The molecule has 2 heterocycles. The second-order valence-electron chi connectivity index (χ2n) is 4.62. The SMILES string of the molecule is CC(C)(C)c1nc(Cl)c2c(n1)CNC2. The molecule has 14 heavy (non-hydrogen) atoms. The monoisotopic (exact) mass is 211 g/mol. The van der Waals surface area contributed by atoms with Crippen molar-refractivity contribution >= 4 is 11.6 Å². The van der Waals surface area contributed by atoms with Gasteiger partial charge in [-0.25, -0.2) is 9.97 Å². The van der Waals surface area contributed by atoms with E-state index in [1.54, 1.807) is 0 Å². The van der Waals surface area contributed by atoms with E-state index < -0.39 is 0 Å². The van der Waals surface area contributed by atoms with Gasteiger partial charge in [0, 0.05) is 24.1 Å². The van der Waals surface area contributed by atoms with Crippen molar-refractivity contribution < 1.29 is 0 Å². The topological polar surface area (TPSA) is 37.8 Å². The Bertz CT molecular complexity index is 368. The Morgan fingerprint density at radius 1 is 1.21 bits per heavy atom. The van der Waals surface area contributed by atoms with Gasteiger partial charge in [0.2, 0.25) is 0 Å². The Hall–Kier alpha value is -0.670. The summed E-state index contributed by atoms with van der Waals surface area (Å²) in [7, 11) is 0. The predicted octanol–water partition coefficient (Wildman–Crippen LogP) is 2.03. The third-order valence-corrected chi connectivity index (χ3v) is 2.62. The Kier molecular flexibility index (Phi) is 2.24. The molecule has 0 amide bonds. The molecule has 0 saturated heterocycles. The molecule has 4 heteroatoms. The molecule has 0 atom stereocenters. The van der Waals surface area contributed by atoms with E-state index in [9.17, 15) is 0 Å². The summed E-state index contributed by atoms with van der Waals surface area (Å²) in [5, 5.41) is 3.82. The summed E-state index contributed by atoms with van der Waals surface area (Å²) in [5.41, 5.74) is 2.07. The van der Waals surface area contributed by atoms with Crippen molar-refractivity contribution in [2.45, 2.75) is 39.3 Å². The average Bonchev–Trinajstić information content (AvgIpc) is 2.50. The maximum Gasteiger partial charge on any atom is 0.137 e. The van der Waals surface area contributed by atoms with Crippen LogP contribution < -0.4 is 5.32 Å². The highest BCUT2D eigenvalue weighted by molar-refractivity contribution is 6.30. The Morgan fingerprint density at radius 3 is 2.57 bits per heavy atom. The van der Waals surface area contributed by atoms with Crippen molar-refractivity contribution in [2.75, 3.05) is 0 Å². The number of hydrogen-bond donors (Lipinski definition) is 1. The van der Waals surface area contributed by atoms with Crippen molar-refractivity contribution in [2.24, 2.45) is 0 Å². The van der Waals surface area contributed by atoms with Gasteiger partial charge in [-0.15, -0.1) is 0 Å². The van der Waals surface area contributed by atoms with E-state index in [0.29, 0.717) is 5.15 Å². The van der Waals surface area contributed by atoms with Gasteiger partial charge >= 0.3 is 0 Å². The van der Waals surface area contributed by atoms with Crippen molar-refractivity contribution in [3.63, 3.8) is 0 Å². The van der Waals surface area contributed by atoms with E-state index in [0.717, 1.165) is 30.2 Å². The zero-order chi connectivity index (χ0) is 10.3. The highest BCUT2D eigenvalue weighted by Gasteiger charge is 2.23. The van der Waals surface area contributed by atoms with Gasteiger partial charge in [0.05, 0.1) is 5.69 Å². The Morgan fingerprint density at radius 2 is 1.93 bits per heavy atom.